The van der Waals surface area contributed by atoms with E-state index >= 15 is 0 Å². The SMILES string of the molecule is COc1ccccc1C[C@H](C)NC(=O)C1Oc2ccccc2O1. The van der Waals surface area contributed by atoms with Gasteiger partial charge in [-0.15, -0.1) is 0 Å². The fourth-order valence-electron chi connectivity index (χ4n) is 2.57. The maximum Gasteiger partial charge on any atom is 0.321 e. The number of carbonyl (C=O) groups excluding carboxylic acids is 1. The van der Waals surface area contributed by atoms with Crippen molar-refractivity contribution in [1.82, 2.24) is 5.32 Å². The fraction of sp³-hybridized carbons (Fsp3) is 0.278. The summed E-state index contributed by atoms with van der Waals surface area (Å²) in [5.74, 6) is 1.70. The molecule has 0 saturated heterocycles. The van der Waals surface area contributed by atoms with E-state index < -0.39 is 6.29 Å². The lowest BCUT2D eigenvalue weighted by Crippen LogP contribution is -2.44. The maximum absolute atomic E-state index is 12.3. The van der Waals surface area contributed by atoms with Crippen LogP contribution in [0.4, 0.5) is 0 Å². The Morgan fingerprint density at radius 1 is 1.13 bits per heavy atom. The molecular weight excluding hydrogens is 294 g/mol. The average molecular weight is 313 g/mol. The maximum atomic E-state index is 12.3. The van der Waals surface area contributed by atoms with Crippen molar-refractivity contribution in [3.8, 4) is 17.2 Å². The van der Waals surface area contributed by atoms with Crippen LogP contribution in [0.25, 0.3) is 0 Å². The number of nitrogens with one attached hydrogen (secondary N) is 1. The van der Waals surface area contributed by atoms with Gasteiger partial charge in [-0.05, 0) is 37.1 Å². The van der Waals surface area contributed by atoms with E-state index in [1.165, 1.54) is 0 Å². The van der Waals surface area contributed by atoms with Crippen molar-refractivity contribution in [2.24, 2.45) is 0 Å². The van der Waals surface area contributed by atoms with Gasteiger partial charge in [0.1, 0.15) is 5.75 Å². The first kappa shape index (κ1) is 15.2. The molecule has 1 aliphatic rings. The summed E-state index contributed by atoms with van der Waals surface area (Å²) in [6, 6.07) is 14.9. The number of carbonyl (C=O) groups is 1. The highest BCUT2D eigenvalue weighted by molar-refractivity contribution is 5.81. The van der Waals surface area contributed by atoms with Crippen molar-refractivity contribution in [3.63, 3.8) is 0 Å². The van der Waals surface area contributed by atoms with Crippen LogP contribution in [0.1, 0.15) is 12.5 Å². The highest BCUT2D eigenvalue weighted by Gasteiger charge is 2.31. The largest absolute Gasteiger partial charge is 0.496 e. The number of rotatable bonds is 5. The Balaban J connectivity index is 1.58. The van der Waals surface area contributed by atoms with Gasteiger partial charge in [0.15, 0.2) is 11.5 Å². The normalized spacial score (nSPS) is 14.3. The highest BCUT2D eigenvalue weighted by atomic mass is 16.7. The van der Waals surface area contributed by atoms with Gasteiger partial charge in [-0.25, -0.2) is 0 Å². The van der Waals surface area contributed by atoms with Gasteiger partial charge in [0.25, 0.3) is 0 Å². The summed E-state index contributed by atoms with van der Waals surface area (Å²) in [6.07, 6.45) is -0.275. The number of ether oxygens (including phenoxy) is 3. The zero-order chi connectivity index (χ0) is 16.2. The fourth-order valence-corrected chi connectivity index (χ4v) is 2.57. The summed E-state index contributed by atoms with van der Waals surface area (Å²) < 4.78 is 16.3. The first-order chi connectivity index (χ1) is 11.2. The van der Waals surface area contributed by atoms with E-state index in [0.717, 1.165) is 11.3 Å². The lowest BCUT2D eigenvalue weighted by Gasteiger charge is -2.17. The van der Waals surface area contributed by atoms with Gasteiger partial charge in [-0.1, -0.05) is 30.3 Å². The van der Waals surface area contributed by atoms with E-state index in [4.69, 9.17) is 14.2 Å². The van der Waals surface area contributed by atoms with Crippen LogP contribution in [0.3, 0.4) is 0 Å². The number of amides is 1. The number of para-hydroxylation sites is 3. The van der Waals surface area contributed by atoms with E-state index in [1.54, 1.807) is 19.2 Å². The van der Waals surface area contributed by atoms with Crippen LogP contribution in [0.2, 0.25) is 0 Å². The minimum atomic E-state index is -0.937. The van der Waals surface area contributed by atoms with Crippen LogP contribution >= 0.6 is 0 Å². The topological polar surface area (TPSA) is 56.8 Å². The predicted octanol–water partition coefficient (Wildman–Crippen LogP) is 2.54. The van der Waals surface area contributed by atoms with Gasteiger partial charge in [0.05, 0.1) is 7.11 Å². The molecule has 2 aromatic carbocycles. The monoisotopic (exact) mass is 313 g/mol. The lowest BCUT2D eigenvalue weighted by atomic mass is 10.1. The molecule has 5 heteroatoms. The molecule has 5 nitrogen and oxygen atoms in total. The number of hydrogen-bond acceptors (Lipinski definition) is 4. The molecule has 3 rings (SSSR count). The van der Waals surface area contributed by atoms with Gasteiger partial charge in [0, 0.05) is 6.04 Å². The molecule has 0 spiro atoms. The number of methoxy groups -OCH3 is 1. The highest BCUT2D eigenvalue weighted by Crippen LogP contribution is 2.33. The van der Waals surface area contributed by atoms with Crippen molar-refractivity contribution in [1.29, 1.82) is 0 Å². The third kappa shape index (κ3) is 3.39. The molecule has 23 heavy (non-hydrogen) atoms. The molecule has 120 valence electrons. The number of hydrogen-bond donors (Lipinski definition) is 1. The second-order valence-corrected chi connectivity index (χ2v) is 5.44. The van der Waals surface area contributed by atoms with E-state index in [2.05, 4.69) is 5.32 Å². The molecule has 0 aromatic heterocycles. The van der Waals surface area contributed by atoms with Crippen LogP contribution in [-0.2, 0) is 11.2 Å². The van der Waals surface area contributed by atoms with Crippen molar-refractivity contribution in [3.05, 3.63) is 54.1 Å². The van der Waals surface area contributed by atoms with Crippen LogP contribution in [0, 0.1) is 0 Å². The minimum absolute atomic E-state index is 0.0743. The third-order valence-corrected chi connectivity index (χ3v) is 3.64. The first-order valence-corrected chi connectivity index (χ1v) is 7.52. The smallest absolute Gasteiger partial charge is 0.321 e. The molecule has 1 N–H and O–H groups in total. The van der Waals surface area contributed by atoms with Gasteiger partial charge < -0.3 is 19.5 Å². The molecule has 0 bridgehead atoms. The van der Waals surface area contributed by atoms with Gasteiger partial charge >= 0.3 is 12.2 Å². The molecule has 0 fully saturated rings. The van der Waals surface area contributed by atoms with Crippen LogP contribution < -0.4 is 19.5 Å². The quantitative estimate of drug-likeness (QED) is 0.921. The molecule has 1 aliphatic heterocycles. The molecule has 1 amide bonds. The van der Waals surface area contributed by atoms with Crippen molar-refractivity contribution < 1.29 is 19.0 Å². The molecular formula is C18H19NO4. The van der Waals surface area contributed by atoms with E-state index in [9.17, 15) is 4.79 Å². The lowest BCUT2D eigenvalue weighted by molar-refractivity contribution is -0.137. The van der Waals surface area contributed by atoms with Gasteiger partial charge in [0.2, 0.25) is 0 Å². The Morgan fingerprint density at radius 3 is 2.39 bits per heavy atom. The Kier molecular flexibility index (Phi) is 4.37. The summed E-state index contributed by atoms with van der Waals surface area (Å²) in [7, 11) is 1.64. The molecule has 0 saturated carbocycles. The predicted molar refractivity (Wildman–Crippen MR) is 85.8 cm³/mol. The average Bonchev–Trinajstić information content (AvgIpc) is 2.99. The van der Waals surface area contributed by atoms with Crippen LogP contribution in [-0.4, -0.2) is 25.3 Å². The van der Waals surface area contributed by atoms with E-state index in [0.29, 0.717) is 17.9 Å². The van der Waals surface area contributed by atoms with E-state index in [1.807, 2.05) is 43.3 Å². The summed E-state index contributed by atoms with van der Waals surface area (Å²) in [5, 5.41) is 2.91. The molecule has 0 aliphatic carbocycles. The molecule has 0 unspecified atom stereocenters. The molecule has 0 radical (unpaired) electrons. The van der Waals surface area contributed by atoms with Gasteiger partial charge in [-0.2, -0.15) is 0 Å². The van der Waals surface area contributed by atoms with Crippen LogP contribution in [0.5, 0.6) is 17.2 Å². The molecule has 1 atom stereocenters. The Labute approximate surface area is 135 Å². The van der Waals surface area contributed by atoms with Crippen molar-refractivity contribution in [2.75, 3.05) is 7.11 Å². The van der Waals surface area contributed by atoms with Gasteiger partial charge in [-0.3, -0.25) is 4.79 Å². The standard InChI is InChI=1S/C18H19NO4/c1-12(11-13-7-3-4-8-14(13)21-2)19-17(20)18-22-15-9-5-6-10-16(15)23-18/h3-10,12,18H,11H2,1-2H3,(H,19,20)/t12-/m0/s1. The number of benzene rings is 2. The van der Waals surface area contributed by atoms with Crippen LogP contribution in [0.15, 0.2) is 48.5 Å². The zero-order valence-corrected chi connectivity index (χ0v) is 13.1. The first-order valence-electron chi connectivity index (χ1n) is 7.52. The number of fused-ring (bicyclic) bond motifs is 1. The zero-order valence-electron chi connectivity index (χ0n) is 13.1. The second kappa shape index (κ2) is 6.60. The summed E-state index contributed by atoms with van der Waals surface area (Å²) in [5.41, 5.74) is 1.04. The minimum Gasteiger partial charge on any atom is -0.496 e. The summed E-state index contributed by atoms with van der Waals surface area (Å²) in [6.45, 7) is 1.94. The molecule has 1 heterocycles. The second-order valence-electron chi connectivity index (χ2n) is 5.44. The van der Waals surface area contributed by atoms with Crippen molar-refractivity contribution >= 4 is 5.91 Å². The summed E-state index contributed by atoms with van der Waals surface area (Å²) >= 11 is 0. The Bertz CT molecular complexity index is 676. The third-order valence-electron chi connectivity index (χ3n) is 3.64. The Morgan fingerprint density at radius 2 is 1.74 bits per heavy atom. The Hall–Kier alpha value is -2.69. The van der Waals surface area contributed by atoms with E-state index in [-0.39, 0.29) is 11.9 Å². The summed E-state index contributed by atoms with van der Waals surface area (Å²) in [4.78, 5) is 12.3. The molecule has 2 aromatic rings. The van der Waals surface area contributed by atoms with Crippen molar-refractivity contribution in [2.45, 2.75) is 25.7 Å².